The molecule has 0 heterocycles. The molecule has 0 bridgehead atoms. The van der Waals surface area contributed by atoms with Crippen LogP contribution in [0.3, 0.4) is 0 Å². The van der Waals surface area contributed by atoms with Gasteiger partial charge in [-0.3, -0.25) is 9.79 Å². The van der Waals surface area contributed by atoms with E-state index in [0.29, 0.717) is 17.5 Å². The number of nitrogens with one attached hydrogen (secondary N) is 3. The molecule has 0 aliphatic heterocycles. The van der Waals surface area contributed by atoms with Crippen LogP contribution in [0.15, 0.2) is 29.3 Å². The Morgan fingerprint density at radius 1 is 1.30 bits per heavy atom. The Bertz CT molecular complexity index is 540. The summed E-state index contributed by atoms with van der Waals surface area (Å²) in [6.07, 6.45) is 0. The fraction of sp³-hybridized carbons (Fsp3) is 0.529. The Hall–Kier alpha value is -1.75. The standard InChI is InChI=1S/C17H27ClN4O/c1-6-20-16(21-11-17(3,4)15(23)19-5)22-12(2)13-7-9-14(18)10-8-13/h7-10,12H,6,11H2,1-5H3,(H,19,23)(H2,20,21,22). The van der Waals surface area contributed by atoms with E-state index >= 15 is 0 Å². The summed E-state index contributed by atoms with van der Waals surface area (Å²) < 4.78 is 0. The fourth-order valence-corrected chi connectivity index (χ4v) is 2.17. The molecule has 0 saturated carbocycles. The van der Waals surface area contributed by atoms with Crippen molar-refractivity contribution in [3.8, 4) is 0 Å². The number of amides is 1. The molecule has 1 aromatic carbocycles. The van der Waals surface area contributed by atoms with Gasteiger partial charge in [0, 0.05) is 18.6 Å². The van der Waals surface area contributed by atoms with Crippen LogP contribution >= 0.6 is 11.6 Å². The highest BCUT2D eigenvalue weighted by molar-refractivity contribution is 6.30. The maximum atomic E-state index is 11.8. The Morgan fingerprint density at radius 2 is 1.91 bits per heavy atom. The molecule has 0 saturated heterocycles. The maximum absolute atomic E-state index is 11.8. The highest BCUT2D eigenvalue weighted by atomic mass is 35.5. The largest absolute Gasteiger partial charge is 0.359 e. The third kappa shape index (κ3) is 6.10. The topological polar surface area (TPSA) is 65.5 Å². The molecule has 5 nitrogen and oxygen atoms in total. The highest BCUT2D eigenvalue weighted by Gasteiger charge is 2.26. The number of benzene rings is 1. The molecule has 1 aromatic rings. The van der Waals surface area contributed by atoms with Gasteiger partial charge in [-0.25, -0.2) is 0 Å². The van der Waals surface area contributed by atoms with Crippen LogP contribution in [0.4, 0.5) is 0 Å². The van der Waals surface area contributed by atoms with E-state index in [0.717, 1.165) is 12.1 Å². The zero-order valence-electron chi connectivity index (χ0n) is 14.5. The summed E-state index contributed by atoms with van der Waals surface area (Å²) in [6, 6.07) is 7.78. The number of nitrogens with zero attached hydrogens (tertiary/aromatic N) is 1. The van der Waals surface area contributed by atoms with Crippen LogP contribution < -0.4 is 16.0 Å². The van der Waals surface area contributed by atoms with E-state index in [4.69, 9.17) is 11.6 Å². The van der Waals surface area contributed by atoms with Crippen molar-refractivity contribution in [2.75, 3.05) is 20.1 Å². The van der Waals surface area contributed by atoms with Crippen molar-refractivity contribution >= 4 is 23.5 Å². The van der Waals surface area contributed by atoms with Crippen molar-refractivity contribution in [3.63, 3.8) is 0 Å². The van der Waals surface area contributed by atoms with Gasteiger partial charge in [-0.2, -0.15) is 0 Å². The van der Waals surface area contributed by atoms with E-state index in [-0.39, 0.29) is 11.9 Å². The smallest absolute Gasteiger partial charge is 0.227 e. The first-order valence-electron chi connectivity index (χ1n) is 7.82. The first-order valence-corrected chi connectivity index (χ1v) is 8.20. The Balaban J connectivity index is 2.79. The van der Waals surface area contributed by atoms with Crippen LogP contribution in [0.1, 0.15) is 39.3 Å². The number of hydrogen-bond donors (Lipinski definition) is 3. The van der Waals surface area contributed by atoms with Crippen molar-refractivity contribution in [1.82, 2.24) is 16.0 Å². The third-order valence-corrected chi connectivity index (χ3v) is 3.79. The quantitative estimate of drug-likeness (QED) is 0.552. The van der Waals surface area contributed by atoms with Gasteiger partial charge < -0.3 is 16.0 Å². The molecule has 23 heavy (non-hydrogen) atoms. The number of hydrogen-bond acceptors (Lipinski definition) is 2. The Kier molecular flexibility index (Phi) is 7.36. The van der Waals surface area contributed by atoms with Gasteiger partial charge in [0.15, 0.2) is 5.96 Å². The van der Waals surface area contributed by atoms with Crippen molar-refractivity contribution in [2.24, 2.45) is 10.4 Å². The number of aliphatic imine (C=N–C) groups is 1. The molecule has 1 amide bonds. The lowest BCUT2D eigenvalue weighted by atomic mass is 9.93. The summed E-state index contributed by atoms with van der Waals surface area (Å²) in [6.45, 7) is 8.96. The van der Waals surface area contributed by atoms with Gasteiger partial charge in [0.2, 0.25) is 5.91 Å². The van der Waals surface area contributed by atoms with Gasteiger partial charge in [0.25, 0.3) is 0 Å². The van der Waals surface area contributed by atoms with E-state index in [1.54, 1.807) is 7.05 Å². The number of guanidine groups is 1. The molecule has 1 rings (SSSR count). The molecule has 0 aliphatic rings. The van der Waals surface area contributed by atoms with Gasteiger partial charge in [-0.1, -0.05) is 23.7 Å². The number of carbonyl (C=O) groups excluding carboxylic acids is 1. The van der Waals surface area contributed by atoms with Gasteiger partial charge in [-0.05, 0) is 45.4 Å². The van der Waals surface area contributed by atoms with Crippen LogP contribution in [0.25, 0.3) is 0 Å². The number of carbonyl (C=O) groups is 1. The second-order valence-electron chi connectivity index (χ2n) is 6.08. The van der Waals surface area contributed by atoms with Crippen LogP contribution in [0.2, 0.25) is 5.02 Å². The second-order valence-corrected chi connectivity index (χ2v) is 6.51. The van der Waals surface area contributed by atoms with Crippen molar-refractivity contribution in [2.45, 2.75) is 33.7 Å². The van der Waals surface area contributed by atoms with Crippen LogP contribution in [-0.4, -0.2) is 32.0 Å². The van der Waals surface area contributed by atoms with Crippen molar-refractivity contribution in [3.05, 3.63) is 34.9 Å². The Morgan fingerprint density at radius 3 is 2.43 bits per heavy atom. The summed E-state index contributed by atoms with van der Waals surface area (Å²) in [4.78, 5) is 16.4. The summed E-state index contributed by atoms with van der Waals surface area (Å²) in [5.41, 5.74) is 0.561. The zero-order valence-corrected chi connectivity index (χ0v) is 15.3. The average molecular weight is 339 g/mol. The van der Waals surface area contributed by atoms with Crippen molar-refractivity contribution in [1.29, 1.82) is 0 Å². The van der Waals surface area contributed by atoms with Gasteiger partial charge in [-0.15, -0.1) is 0 Å². The lowest BCUT2D eigenvalue weighted by Gasteiger charge is -2.22. The summed E-state index contributed by atoms with van der Waals surface area (Å²) >= 11 is 5.92. The van der Waals surface area contributed by atoms with Gasteiger partial charge in [0.1, 0.15) is 0 Å². The van der Waals surface area contributed by atoms with Gasteiger partial charge in [0.05, 0.1) is 18.0 Å². The average Bonchev–Trinajstić information content (AvgIpc) is 2.52. The third-order valence-electron chi connectivity index (χ3n) is 3.54. The molecule has 0 spiro atoms. The SMILES string of the molecule is CCNC(=NCC(C)(C)C(=O)NC)NC(C)c1ccc(Cl)cc1. The number of rotatable bonds is 6. The summed E-state index contributed by atoms with van der Waals surface area (Å²) in [5, 5.41) is 9.94. The summed E-state index contributed by atoms with van der Waals surface area (Å²) in [7, 11) is 1.64. The molecule has 6 heteroatoms. The molecule has 0 aromatic heterocycles. The zero-order chi connectivity index (χ0) is 17.5. The predicted molar refractivity (Wildman–Crippen MR) is 96.8 cm³/mol. The monoisotopic (exact) mass is 338 g/mol. The molecule has 0 fully saturated rings. The Labute approximate surface area is 143 Å². The van der Waals surface area contributed by atoms with E-state index in [1.807, 2.05) is 45.0 Å². The van der Waals surface area contributed by atoms with E-state index in [2.05, 4.69) is 27.9 Å². The highest BCUT2D eigenvalue weighted by Crippen LogP contribution is 2.17. The minimum absolute atomic E-state index is 0.0251. The van der Waals surface area contributed by atoms with Crippen LogP contribution in [0, 0.1) is 5.41 Å². The molecule has 1 unspecified atom stereocenters. The first kappa shape index (κ1) is 19.3. The first-order chi connectivity index (χ1) is 10.8. The second kappa shape index (κ2) is 8.77. The molecule has 1 atom stereocenters. The van der Waals surface area contributed by atoms with E-state index in [9.17, 15) is 4.79 Å². The van der Waals surface area contributed by atoms with Crippen LogP contribution in [-0.2, 0) is 4.79 Å². The van der Waals surface area contributed by atoms with E-state index < -0.39 is 5.41 Å². The number of halogens is 1. The normalized spacial score (nSPS) is 13.4. The molecular weight excluding hydrogens is 312 g/mol. The predicted octanol–water partition coefficient (Wildman–Crippen LogP) is 2.73. The molecule has 3 N–H and O–H groups in total. The van der Waals surface area contributed by atoms with Crippen molar-refractivity contribution < 1.29 is 4.79 Å². The minimum Gasteiger partial charge on any atom is -0.359 e. The van der Waals surface area contributed by atoms with Gasteiger partial charge >= 0.3 is 0 Å². The van der Waals surface area contributed by atoms with Crippen LogP contribution in [0.5, 0.6) is 0 Å². The molecule has 0 radical (unpaired) electrons. The minimum atomic E-state index is -0.555. The molecule has 128 valence electrons. The molecule has 0 aliphatic carbocycles. The molecular formula is C17H27ClN4O. The lowest BCUT2D eigenvalue weighted by molar-refractivity contribution is -0.128. The van der Waals surface area contributed by atoms with E-state index in [1.165, 1.54) is 0 Å². The lowest BCUT2D eigenvalue weighted by Crippen LogP contribution is -2.41. The summed E-state index contributed by atoms with van der Waals surface area (Å²) in [5.74, 6) is 0.662. The maximum Gasteiger partial charge on any atom is 0.227 e. The fourth-order valence-electron chi connectivity index (χ4n) is 2.05.